The Hall–Kier alpha value is -1.86. The average molecular weight is 369 g/mol. The van der Waals surface area contributed by atoms with Crippen LogP contribution in [0, 0.1) is 0 Å². The lowest BCUT2D eigenvalue weighted by molar-refractivity contribution is 0.294. The molecule has 0 aliphatic carbocycles. The summed E-state index contributed by atoms with van der Waals surface area (Å²) in [6, 6.07) is 5.29. The van der Waals surface area contributed by atoms with Crippen LogP contribution in [0.4, 0.5) is 5.82 Å². The Balaban J connectivity index is 1.86. The lowest BCUT2D eigenvalue weighted by Crippen LogP contribution is -2.06. The molecule has 3 aromatic rings. The summed E-state index contributed by atoms with van der Waals surface area (Å²) in [6.45, 7) is 0.200. The highest BCUT2D eigenvalue weighted by Gasteiger charge is 2.10. The summed E-state index contributed by atoms with van der Waals surface area (Å²) in [5, 5.41) is 5.47. The molecule has 2 N–H and O–H groups in total. The molecule has 3 rings (SSSR count). The molecule has 0 aliphatic rings. The van der Waals surface area contributed by atoms with Crippen LogP contribution in [0.25, 0.3) is 11.0 Å². The molecule has 0 fully saturated rings. The summed E-state index contributed by atoms with van der Waals surface area (Å²) in [5.74, 6) is 1.54. The van der Waals surface area contributed by atoms with E-state index in [1.165, 1.54) is 0 Å². The maximum atomic E-state index is 5.90. The van der Waals surface area contributed by atoms with Crippen LogP contribution in [0.3, 0.4) is 0 Å². The van der Waals surface area contributed by atoms with Crippen LogP contribution >= 0.6 is 27.5 Å². The van der Waals surface area contributed by atoms with Gasteiger partial charge in [-0.2, -0.15) is 5.10 Å². The van der Waals surface area contributed by atoms with Crippen molar-refractivity contribution in [1.29, 1.82) is 0 Å². The molecule has 0 aliphatic heterocycles. The summed E-state index contributed by atoms with van der Waals surface area (Å²) < 4.78 is 8.10. The number of hydrogen-bond donors (Lipinski definition) is 1. The first-order chi connectivity index (χ1) is 10.0. The van der Waals surface area contributed by atoms with Crippen molar-refractivity contribution in [2.45, 2.75) is 6.61 Å². The van der Waals surface area contributed by atoms with Crippen LogP contribution in [0.15, 0.2) is 28.9 Å². The Morgan fingerprint density at radius 3 is 2.95 bits per heavy atom. The number of anilines is 1. The first kappa shape index (κ1) is 14.1. The summed E-state index contributed by atoms with van der Waals surface area (Å²) >= 11 is 9.28. The third-order valence-electron chi connectivity index (χ3n) is 2.92. The van der Waals surface area contributed by atoms with E-state index in [0.29, 0.717) is 28.1 Å². The smallest absolute Gasteiger partial charge is 0.170 e. The van der Waals surface area contributed by atoms with Gasteiger partial charge in [-0.05, 0) is 34.1 Å². The molecular weight excluding hydrogens is 358 g/mol. The third-order valence-corrected chi connectivity index (χ3v) is 3.77. The predicted molar refractivity (Wildman–Crippen MR) is 84.2 cm³/mol. The molecule has 0 saturated carbocycles. The van der Waals surface area contributed by atoms with Crippen molar-refractivity contribution in [3.05, 3.63) is 39.7 Å². The zero-order chi connectivity index (χ0) is 15.0. The predicted octanol–water partition coefficient (Wildman–Crippen LogP) is 2.94. The second kappa shape index (κ2) is 5.50. The number of fused-ring (bicyclic) bond motifs is 1. The molecular formula is C13H11BrClN5O. The van der Waals surface area contributed by atoms with Gasteiger partial charge in [-0.1, -0.05) is 11.6 Å². The van der Waals surface area contributed by atoms with Gasteiger partial charge in [0, 0.05) is 12.1 Å². The molecule has 2 heterocycles. The van der Waals surface area contributed by atoms with E-state index in [-0.39, 0.29) is 6.61 Å². The number of aromatic nitrogens is 4. The van der Waals surface area contributed by atoms with Crippen molar-refractivity contribution in [3.63, 3.8) is 0 Å². The highest BCUT2D eigenvalue weighted by molar-refractivity contribution is 9.10. The summed E-state index contributed by atoms with van der Waals surface area (Å²) in [6.07, 6.45) is 1.64. The molecule has 0 atom stereocenters. The quantitative estimate of drug-likeness (QED) is 0.769. The minimum Gasteiger partial charge on any atom is -0.484 e. The molecule has 0 unspecified atom stereocenters. The highest BCUT2D eigenvalue weighted by Crippen LogP contribution is 2.28. The summed E-state index contributed by atoms with van der Waals surface area (Å²) in [4.78, 5) is 8.62. The van der Waals surface area contributed by atoms with Gasteiger partial charge < -0.3 is 10.5 Å². The lowest BCUT2D eigenvalue weighted by atomic mass is 10.3. The SMILES string of the molecule is Cn1ncc2c(N)nc(COc3ccc(Cl)cc3Br)nc21. The van der Waals surface area contributed by atoms with Gasteiger partial charge in [0.2, 0.25) is 0 Å². The number of rotatable bonds is 3. The van der Waals surface area contributed by atoms with E-state index in [2.05, 4.69) is 31.0 Å². The largest absolute Gasteiger partial charge is 0.484 e. The summed E-state index contributed by atoms with van der Waals surface area (Å²) in [5.41, 5.74) is 6.58. The number of benzene rings is 1. The Morgan fingerprint density at radius 2 is 2.19 bits per heavy atom. The normalized spacial score (nSPS) is 11.0. The van der Waals surface area contributed by atoms with Gasteiger partial charge in [-0.3, -0.25) is 4.68 Å². The van der Waals surface area contributed by atoms with Gasteiger partial charge in [0.05, 0.1) is 16.1 Å². The Morgan fingerprint density at radius 1 is 1.38 bits per heavy atom. The minimum absolute atomic E-state index is 0.200. The van der Waals surface area contributed by atoms with Gasteiger partial charge in [-0.25, -0.2) is 9.97 Å². The van der Waals surface area contributed by atoms with Crippen molar-refractivity contribution in [1.82, 2.24) is 19.7 Å². The molecule has 0 spiro atoms. The molecule has 0 bridgehead atoms. The van der Waals surface area contributed by atoms with E-state index in [1.54, 1.807) is 36.1 Å². The van der Waals surface area contributed by atoms with Crippen molar-refractivity contribution < 1.29 is 4.74 Å². The first-order valence-corrected chi connectivity index (χ1v) is 7.23. The minimum atomic E-state index is 0.200. The topological polar surface area (TPSA) is 78.9 Å². The van der Waals surface area contributed by atoms with E-state index >= 15 is 0 Å². The van der Waals surface area contributed by atoms with Crippen LogP contribution in [0.1, 0.15) is 5.82 Å². The molecule has 1 aromatic carbocycles. The number of ether oxygens (including phenoxy) is 1. The Kier molecular flexibility index (Phi) is 3.69. The first-order valence-electron chi connectivity index (χ1n) is 6.06. The highest BCUT2D eigenvalue weighted by atomic mass is 79.9. The van der Waals surface area contributed by atoms with Crippen molar-refractivity contribution in [2.24, 2.45) is 7.05 Å². The van der Waals surface area contributed by atoms with Gasteiger partial charge in [0.1, 0.15) is 18.2 Å². The molecule has 2 aromatic heterocycles. The molecule has 0 saturated heterocycles. The number of hydrogen-bond acceptors (Lipinski definition) is 5. The lowest BCUT2D eigenvalue weighted by Gasteiger charge is -2.08. The van der Waals surface area contributed by atoms with Gasteiger partial charge >= 0.3 is 0 Å². The summed E-state index contributed by atoms with van der Waals surface area (Å²) in [7, 11) is 1.80. The maximum Gasteiger partial charge on any atom is 0.170 e. The fourth-order valence-electron chi connectivity index (χ4n) is 1.89. The fourth-order valence-corrected chi connectivity index (χ4v) is 2.69. The molecule has 6 nitrogen and oxygen atoms in total. The number of aryl methyl sites for hydroxylation is 1. The fraction of sp³-hybridized carbons (Fsp3) is 0.154. The second-order valence-corrected chi connectivity index (χ2v) is 5.68. The van der Waals surface area contributed by atoms with Crippen LogP contribution in [0.5, 0.6) is 5.75 Å². The van der Waals surface area contributed by atoms with Gasteiger partial charge in [0.25, 0.3) is 0 Å². The van der Waals surface area contributed by atoms with Crippen LogP contribution in [-0.2, 0) is 13.7 Å². The standard InChI is InChI=1S/C13H11BrClN5O/c1-20-13-8(5-17-20)12(16)18-11(19-13)6-21-10-3-2-7(15)4-9(10)14/h2-5H,6H2,1H3,(H2,16,18,19). The van der Waals surface area contributed by atoms with Crippen LogP contribution in [-0.4, -0.2) is 19.7 Å². The van der Waals surface area contributed by atoms with E-state index in [4.69, 9.17) is 22.1 Å². The Bertz CT molecular complexity index is 820. The van der Waals surface area contributed by atoms with Crippen LogP contribution < -0.4 is 10.5 Å². The van der Waals surface area contributed by atoms with E-state index in [9.17, 15) is 0 Å². The van der Waals surface area contributed by atoms with Crippen molar-refractivity contribution in [2.75, 3.05) is 5.73 Å². The number of nitrogens with zero attached hydrogens (tertiary/aromatic N) is 4. The molecule has 0 amide bonds. The molecule has 21 heavy (non-hydrogen) atoms. The molecule has 108 valence electrons. The van der Waals surface area contributed by atoms with E-state index < -0.39 is 0 Å². The number of halogens is 2. The average Bonchev–Trinajstić information content (AvgIpc) is 2.80. The second-order valence-electron chi connectivity index (χ2n) is 4.39. The third kappa shape index (κ3) is 2.79. The van der Waals surface area contributed by atoms with Gasteiger partial charge in [-0.15, -0.1) is 0 Å². The monoisotopic (exact) mass is 367 g/mol. The van der Waals surface area contributed by atoms with Crippen molar-refractivity contribution in [3.8, 4) is 5.75 Å². The van der Waals surface area contributed by atoms with Gasteiger partial charge in [0.15, 0.2) is 11.5 Å². The van der Waals surface area contributed by atoms with E-state index in [1.807, 2.05) is 0 Å². The van der Waals surface area contributed by atoms with Crippen molar-refractivity contribution >= 4 is 44.4 Å². The van der Waals surface area contributed by atoms with E-state index in [0.717, 1.165) is 9.86 Å². The zero-order valence-electron chi connectivity index (χ0n) is 11.0. The zero-order valence-corrected chi connectivity index (χ0v) is 13.4. The Labute approximate surface area is 134 Å². The molecule has 0 radical (unpaired) electrons. The number of nitrogen functional groups attached to an aromatic ring is 1. The molecule has 8 heteroatoms. The van der Waals surface area contributed by atoms with Crippen LogP contribution in [0.2, 0.25) is 5.02 Å². The maximum absolute atomic E-state index is 5.90. The number of nitrogens with two attached hydrogens (primary N) is 1.